The number of ether oxygens (including phenoxy) is 1. The highest BCUT2D eigenvalue weighted by Gasteiger charge is 2.06. The lowest BCUT2D eigenvalue weighted by Gasteiger charge is -2.13. The number of aromatic nitrogens is 1. The molecule has 1 aromatic heterocycles. The first-order chi connectivity index (χ1) is 9.13. The lowest BCUT2D eigenvalue weighted by Crippen LogP contribution is -2.20. The minimum atomic E-state index is 0.221. The van der Waals surface area contributed by atoms with Crippen LogP contribution in [0, 0.1) is 12.8 Å². The highest BCUT2D eigenvalue weighted by atomic mass is 16.5. The first-order valence-corrected chi connectivity index (χ1v) is 7.04. The molecule has 0 fully saturated rings. The van der Waals surface area contributed by atoms with Gasteiger partial charge in [-0.25, -0.2) is 0 Å². The second-order valence-corrected chi connectivity index (χ2v) is 5.20. The van der Waals surface area contributed by atoms with Crippen LogP contribution in [0.3, 0.4) is 0 Å². The molecule has 0 aromatic carbocycles. The molecule has 2 N–H and O–H groups in total. The number of aliphatic hydroxyl groups excluding tert-OH is 1. The zero-order valence-electron chi connectivity index (χ0n) is 12.3. The van der Waals surface area contributed by atoms with Crippen LogP contribution in [0.5, 0.6) is 5.75 Å². The van der Waals surface area contributed by atoms with Crippen LogP contribution in [0.1, 0.15) is 38.1 Å². The van der Waals surface area contributed by atoms with E-state index in [1.807, 2.05) is 19.1 Å². The lowest BCUT2D eigenvalue weighted by atomic mass is 10.2. The van der Waals surface area contributed by atoms with Crippen LogP contribution in [0.25, 0.3) is 0 Å². The number of rotatable bonds is 9. The Morgan fingerprint density at radius 3 is 2.79 bits per heavy atom. The molecule has 19 heavy (non-hydrogen) atoms. The van der Waals surface area contributed by atoms with E-state index < -0.39 is 0 Å². The summed E-state index contributed by atoms with van der Waals surface area (Å²) in [7, 11) is 0. The molecule has 0 aliphatic heterocycles. The Balaban J connectivity index is 2.53. The Kier molecular flexibility index (Phi) is 7.45. The minimum absolute atomic E-state index is 0.221. The summed E-state index contributed by atoms with van der Waals surface area (Å²) in [4.78, 5) is 4.53. The first-order valence-electron chi connectivity index (χ1n) is 7.04. The van der Waals surface area contributed by atoms with E-state index in [1.54, 1.807) is 0 Å². The summed E-state index contributed by atoms with van der Waals surface area (Å²) in [5, 5.41) is 12.1. The Morgan fingerprint density at radius 1 is 1.32 bits per heavy atom. The summed E-state index contributed by atoms with van der Waals surface area (Å²) in [6.07, 6.45) is 1.64. The summed E-state index contributed by atoms with van der Waals surface area (Å²) in [5.74, 6) is 1.47. The smallest absolute Gasteiger partial charge is 0.142 e. The van der Waals surface area contributed by atoms with Crippen LogP contribution in [0.2, 0.25) is 0 Å². The number of nitrogens with zero attached hydrogens (tertiary/aromatic N) is 1. The molecule has 0 spiro atoms. The van der Waals surface area contributed by atoms with Crippen LogP contribution in [0.15, 0.2) is 12.1 Å². The normalized spacial score (nSPS) is 11.0. The average Bonchev–Trinajstić information content (AvgIpc) is 2.36. The molecule has 1 aromatic rings. The van der Waals surface area contributed by atoms with Crippen LogP contribution in [-0.2, 0) is 6.54 Å². The van der Waals surface area contributed by atoms with Crippen molar-refractivity contribution >= 4 is 0 Å². The number of nitrogens with one attached hydrogen (secondary N) is 1. The quantitative estimate of drug-likeness (QED) is 0.673. The van der Waals surface area contributed by atoms with Crippen LogP contribution in [0.4, 0.5) is 0 Å². The van der Waals surface area contributed by atoms with Crippen molar-refractivity contribution in [2.24, 2.45) is 5.92 Å². The van der Waals surface area contributed by atoms with Gasteiger partial charge in [0, 0.05) is 18.8 Å². The van der Waals surface area contributed by atoms with Crippen molar-refractivity contribution in [3.05, 3.63) is 23.5 Å². The minimum Gasteiger partial charge on any atom is -0.492 e. The zero-order chi connectivity index (χ0) is 14.1. The topological polar surface area (TPSA) is 54.4 Å². The number of aryl methyl sites for hydroxylation is 1. The van der Waals surface area contributed by atoms with E-state index in [0.29, 0.717) is 12.5 Å². The highest BCUT2D eigenvalue weighted by Crippen LogP contribution is 2.17. The molecule has 0 aliphatic rings. The second kappa shape index (κ2) is 8.88. The molecule has 0 saturated carbocycles. The molecule has 1 rings (SSSR count). The summed E-state index contributed by atoms with van der Waals surface area (Å²) in [6.45, 7) is 8.91. The highest BCUT2D eigenvalue weighted by molar-refractivity contribution is 5.29. The molecule has 0 amide bonds. The molecule has 1 heterocycles. The van der Waals surface area contributed by atoms with Gasteiger partial charge in [0.25, 0.3) is 0 Å². The van der Waals surface area contributed by atoms with E-state index in [-0.39, 0.29) is 6.61 Å². The van der Waals surface area contributed by atoms with Crippen molar-refractivity contribution in [1.29, 1.82) is 0 Å². The van der Waals surface area contributed by atoms with Crippen molar-refractivity contribution in [2.45, 2.75) is 40.2 Å². The number of hydrogen-bond acceptors (Lipinski definition) is 4. The van der Waals surface area contributed by atoms with E-state index in [4.69, 9.17) is 9.84 Å². The number of hydrogen-bond donors (Lipinski definition) is 2. The Bertz CT molecular complexity index is 367. The molecule has 0 atom stereocenters. The van der Waals surface area contributed by atoms with Gasteiger partial charge in [-0.3, -0.25) is 4.98 Å². The van der Waals surface area contributed by atoms with E-state index >= 15 is 0 Å². The van der Waals surface area contributed by atoms with Gasteiger partial charge < -0.3 is 15.2 Å². The van der Waals surface area contributed by atoms with Crippen molar-refractivity contribution in [2.75, 3.05) is 19.8 Å². The van der Waals surface area contributed by atoms with Gasteiger partial charge in [0.1, 0.15) is 5.75 Å². The van der Waals surface area contributed by atoms with Gasteiger partial charge in [-0.1, -0.05) is 13.8 Å². The van der Waals surface area contributed by atoms with E-state index in [2.05, 4.69) is 24.1 Å². The van der Waals surface area contributed by atoms with Crippen LogP contribution >= 0.6 is 0 Å². The summed E-state index contributed by atoms with van der Waals surface area (Å²) in [5.41, 5.74) is 1.97. The second-order valence-electron chi connectivity index (χ2n) is 5.20. The van der Waals surface area contributed by atoms with Crippen LogP contribution in [-0.4, -0.2) is 29.8 Å². The third kappa shape index (κ3) is 6.55. The molecule has 0 saturated heterocycles. The molecule has 4 nitrogen and oxygen atoms in total. The van der Waals surface area contributed by atoms with Crippen molar-refractivity contribution in [3.63, 3.8) is 0 Å². The largest absolute Gasteiger partial charge is 0.492 e. The third-order valence-corrected chi connectivity index (χ3v) is 2.73. The van der Waals surface area contributed by atoms with Gasteiger partial charge in [0.2, 0.25) is 0 Å². The monoisotopic (exact) mass is 266 g/mol. The molecule has 0 radical (unpaired) electrons. The molecule has 0 aliphatic carbocycles. The molecule has 0 unspecified atom stereocenters. The fourth-order valence-corrected chi connectivity index (χ4v) is 1.73. The predicted molar refractivity (Wildman–Crippen MR) is 77.3 cm³/mol. The molecule has 4 heteroatoms. The van der Waals surface area contributed by atoms with Gasteiger partial charge in [-0.15, -0.1) is 0 Å². The van der Waals surface area contributed by atoms with Crippen molar-refractivity contribution in [1.82, 2.24) is 10.3 Å². The number of pyridine rings is 1. The Hall–Kier alpha value is -1.13. The maximum absolute atomic E-state index is 8.74. The van der Waals surface area contributed by atoms with E-state index in [9.17, 15) is 0 Å². The van der Waals surface area contributed by atoms with Gasteiger partial charge in [0.15, 0.2) is 0 Å². The molecule has 0 bridgehead atoms. The zero-order valence-corrected chi connectivity index (χ0v) is 12.3. The fraction of sp³-hybridized carbons (Fsp3) is 0.667. The van der Waals surface area contributed by atoms with Gasteiger partial charge in [-0.2, -0.15) is 0 Å². The van der Waals surface area contributed by atoms with Crippen molar-refractivity contribution in [3.8, 4) is 5.75 Å². The van der Waals surface area contributed by atoms with E-state index in [1.165, 1.54) is 0 Å². The molecular weight excluding hydrogens is 240 g/mol. The standard InChI is InChI=1S/C15H26N2O2/c1-12(2)10-16-11-14-15(7-6-13(3)17-14)19-9-5-4-8-18/h6-7,12,16,18H,4-5,8-11H2,1-3H3. The number of aliphatic hydroxyl groups is 1. The maximum atomic E-state index is 8.74. The number of unbranched alkanes of at least 4 members (excludes halogenated alkanes) is 1. The van der Waals surface area contributed by atoms with E-state index in [0.717, 1.165) is 43.1 Å². The van der Waals surface area contributed by atoms with Crippen LogP contribution < -0.4 is 10.1 Å². The van der Waals surface area contributed by atoms with Gasteiger partial charge in [0.05, 0.1) is 12.3 Å². The first kappa shape index (κ1) is 15.9. The van der Waals surface area contributed by atoms with Crippen molar-refractivity contribution < 1.29 is 9.84 Å². The molecular formula is C15H26N2O2. The Labute approximate surface area is 116 Å². The lowest BCUT2D eigenvalue weighted by molar-refractivity contribution is 0.251. The maximum Gasteiger partial charge on any atom is 0.142 e. The summed E-state index contributed by atoms with van der Waals surface area (Å²) >= 11 is 0. The summed E-state index contributed by atoms with van der Waals surface area (Å²) in [6, 6.07) is 3.95. The van der Waals surface area contributed by atoms with Gasteiger partial charge >= 0.3 is 0 Å². The predicted octanol–water partition coefficient (Wildman–Crippen LogP) is 2.29. The average molecular weight is 266 g/mol. The van der Waals surface area contributed by atoms with Gasteiger partial charge in [-0.05, 0) is 44.4 Å². The third-order valence-electron chi connectivity index (χ3n) is 2.73. The molecule has 108 valence electrons. The fourth-order valence-electron chi connectivity index (χ4n) is 1.73. The Morgan fingerprint density at radius 2 is 2.11 bits per heavy atom. The summed E-state index contributed by atoms with van der Waals surface area (Å²) < 4.78 is 5.74. The SMILES string of the molecule is Cc1ccc(OCCCCO)c(CNCC(C)C)n1.